The van der Waals surface area contributed by atoms with Crippen LogP contribution >= 0.6 is 0 Å². The second kappa shape index (κ2) is 10.3. The number of benzene rings is 2. The summed E-state index contributed by atoms with van der Waals surface area (Å²) in [6, 6.07) is 22.2. The minimum Gasteiger partial charge on any atom is -0.310 e. The normalized spacial score (nSPS) is 15.0. The van der Waals surface area contributed by atoms with Gasteiger partial charge in [0.15, 0.2) is 0 Å². The Hall–Kier alpha value is -1.64. The third-order valence-electron chi connectivity index (χ3n) is 4.70. The Morgan fingerprint density at radius 3 is 1.75 bits per heavy atom. The number of nitrogens with one attached hydrogen (secondary N) is 2. The van der Waals surface area contributed by atoms with Crippen molar-refractivity contribution in [2.75, 3.05) is 13.1 Å². The Kier molecular flexibility index (Phi) is 8.00. The van der Waals surface area contributed by atoms with Crippen molar-refractivity contribution in [3.63, 3.8) is 0 Å². The SMILES string of the molecule is CC(CCCNC(C)c1ccccc1)CNC(C)c1ccccc1. The minimum atomic E-state index is 0.421. The molecule has 130 valence electrons. The van der Waals surface area contributed by atoms with Crippen LogP contribution in [-0.2, 0) is 0 Å². The minimum absolute atomic E-state index is 0.421. The van der Waals surface area contributed by atoms with E-state index in [1.807, 2.05) is 0 Å². The lowest BCUT2D eigenvalue weighted by molar-refractivity contribution is 0.425. The Bertz CT molecular complexity index is 553. The summed E-state index contributed by atoms with van der Waals surface area (Å²) in [6.07, 6.45) is 2.47. The van der Waals surface area contributed by atoms with Gasteiger partial charge in [-0.05, 0) is 56.8 Å². The molecule has 2 heteroatoms. The zero-order chi connectivity index (χ0) is 17.2. The fourth-order valence-corrected chi connectivity index (χ4v) is 2.97. The molecule has 3 atom stereocenters. The zero-order valence-electron chi connectivity index (χ0n) is 15.3. The largest absolute Gasteiger partial charge is 0.310 e. The smallest absolute Gasteiger partial charge is 0.0291 e. The molecule has 0 heterocycles. The van der Waals surface area contributed by atoms with Crippen molar-refractivity contribution < 1.29 is 0 Å². The summed E-state index contributed by atoms with van der Waals surface area (Å²) in [5.41, 5.74) is 2.73. The number of hydrogen-bond donors (Lipinski definition) is 2. The Morgan fingerprint density at radius 2 is 1.21 bits per heavy atom. The van der Waals surface area contributed by atoms with Crippen LogP contribution in [0.3, 0.4) is 0 Å². The molecule has 2 rings (SSSR count). The topological polar surface area (TPSA) is 24.1 Å². The molecule has 0 bridgehead atoms. The van der Waals surface area contributed by atoms with Crippen LogP contribution in [0.4, 0.5) is 0 Å². The van der Waals surface area contributed by atoms with Crippen molar-refractivity contribution in [3.05, 3.63) is 71.8 Å². The first-order valence-electron chi connectivity index (χ1n) is 9.23. The molecule has 0 aliphatic carbocycles. The van der Waals surface area contributed by atoms with Crippen molar-refractivity contribution in [1.29, 1.82) is 0 Å². The maximum Gasteiger partial charge on any atom is 0.0291 e. The fraction of sp³-hybridized carbons (Fsp3) is 0.455. The van der Waals surface area contributed by atoms with Crippen LogP contribution in [0, 0.1) is 5.92 Å². The van der Waals surface area contributed by atoms with E-state index in [0.717, 1.165) is 13.1 Å². The monoisotopic (exact) mass is 324 g/mol. The van der Waals surface area contributed by atoms with Crippen LogP contribution in [0.5, 0.6) is 0 Å². The lowest BCUT2D eigenvalue weighted by Gasteiger charge is -2.19. The van der Waals surface area contributed by atoms with Crippen molar-refractivity contribution in [1.82, 2.24) is 10.6 Å². The van der Waals surface area contributed by atoms with E-state index in [1.165, 1.54) is 24.0 Å². The molecule has 3 unspecified atom stereocenters. The lowest BCUT2D eigenvalue weighted by atomic mass is 10.0. The van der Waals surface area contributed by atoms with Gasteiger partial charge in [0.1, 0.15) is 0 Å². The molecule has 0 spiro atoms. The molecule has 0 amide bonds. The van der Waals surface area contributed by atoms with Gasteiger partial charge in [0.25, 0.3) is 0 Å². The third-order valence-corrected chi connectivity index (χ3v) is 4.70. The fourth-order valence-electron chi connectivity index (χ4n) is 2.97. The average Bonchev–Trinajstić information content (AvgIpc) is 2.64. The predicted molar refractivity (Wildman–Crippen MR) is 104 cm³/mol. The van der Waals surface area contributed by atoms with Gasteiger partial charge in [0.2, 0.25) is 0 Å². The van der Waals surface area contributed by atoms with E-state index in [9.17, 15) is 0 Å². The maximum atomic E-state index is 3.65. The lowest BCUT2D eigenvalue weighted by Crippen LogP contribution is -2.25. The summed E-state index contributed by atoms with van der Waals surface area (Å²) < 4.78 is 0. The van der Waals surface area contributed by atoms with Gasteiger partial charge in [-0.15, -0.1) is 0 Å². The molecule has 2 N–H and O–H groups in total. The molecule has 2 nitrogen and oxygen atoms in total. The first kappa shape index (κ1) is 18.7. The summed E-state index contributed by atoms with van der Waals surface area (Å²) in [5.74, 6) is 0.699. The van der Waals surface area contributed by atoms with Gasteiger partial charge in [-0.25, -0.2) is 0 Å². The van der Waals surface area contributed by atoms with Crippen molar-refractivity contribution in [3.8, 4) is 0 Å². The highest BCUT2D eigenvalue weighted by molar-refractivity contribution is 5.18. The van der Waals surface area contributed by atoms with Crippen molar-refractivity contribution in [2.24, 2.45) is 5.92 Å². The summed E-state index contributed by atoms with van der Waals surface area (Å²) in [6.45, 7) is 8.97. The summed E-state index contributed by atoms with van der Waals surface area (Å²) in [7, 11) is 0. The van der Waals surface area contributed by atoms with E-state index in [0.29, 0.717) is 18.0 Å². The van der Waals surface area contributed by atoms with E-state index in [1.54, 1.807) is 0 Å². The number of rotatable bonds is 10. The number of hydrogen-bond acceptors (Lipinski definition) is 2. The van der Waals surface area contributed by atoms with E-state index in [-0.39, 0.29) is 0 Å². The Labute approximate surface area is 147 Å². The van der Waals surface area contributed by atoms with Crippen LogP contribution in [0.1, 0.15) is 56.8 Å². The Balaban J connectivity index is 1.59. The molecule has 0 aromatic heterocycles. The zero-order valence-corrected chi connectivity index (χ0v) is 15.3. The molecule has 24 heavy (non-hydrogen) atoms. The van der Waals surface area contributed by atoms with Gasteiger partial charge in [0, 0.05) is 12.1 Å². The van der Waals surface area contributed by atoms with E-state index < -0.39 is 0 Å². The average molecular weight is 325 g/mol. The van der Waals surface area contributed by atoms with Crippen LogP contribution in [0.15, 0.2) is 60.7 Å². The highest BCUT2D eigenvalue weighted by Crippen LogP contribution is 2.14. The summed E-state index contributed by atoms with van der Waals surface area (Å²) in [4.78, 5) is 0. The van der Waals surface area contributed by atoms with Gasteiger partial charge >= 0.3 is 0 Å². The highest BCUT2D eigenvalue weighted by atomic mass is 14.9. The van der Waals surface area contributed by atoms with Crippen molar-refractivity contribution >= 4 is 0 Å². The van der Waals surface area contributed by atoms with Gasteiger partial charge in [-0.2, -0.15) is 0 Å². The molecule has 0 saturated carbocycles. The molecule has 0 saturated heterocycles. The molecular formula is C22H32N2. The summed E-state index contributed by atoms with van der Waals surface area (Å²) >= 11 is 0. The van der Waals surface area contributed by atoms with Crippen molar-refractivity contribution in [2.45, 2.75) is 45.7 Å². The van der Waals surface area contributed by atoms with Crippen LogP contribution in [-0.4, -0.2) is 13.1 Å². The van der Waals surface area contributed by atoms with E-state index in [4.69, 9.17) is 0 Å². The molecule has 0 aliphatic rings. The first-order chi connectivity index (χ1) is 11.7. The van der Waals surface area contributed by atoms with Gasteiger partial charge in [0.05, 0.1) is 0 Å². The molecule has 0 radical (unpaired) electrons. The second-order valence-electron chi connectivity index (χ2n) is 6.87. The predicted octanol–water partition coefficient (Wildman–Crippen LogP) is 5.10. The Morgan fingerprint density at radius 1 is 0.708 bits per heavy atom. The van der Waals surface area contributed by atoms with E-state index >= 15 is 0 Å². The van der Waals surface area contributed by atoms with Gasteiger partial charge in [-0.3, -0.25) is 0 Å². The molecular weight excluding hydrogens is 292 g/mol. The molecule has 0 fully saturated rings. The molecule has 0 aliphatic heterocycles. The first-order valence-corrected chi connectivity index (χ1v) is 9.23. The second-order valence-corrected chi connectivity index (χ2v) is 6.87. The maximum absolute atomic E-state index is 3.65. The van der Waals surface area contributed by atoms with Crippen LogP contribution in [0.25, 0.3) is 0 Å². The standard InChI is InChI=1S/C22H32N2/c1-18(17-24-20(3)22-14-8-5-9-15-22)11-10-16-23-19(2)21-12-6-4-7-13-21/h4-9,12-15,18-20,23-24H,10-11,16-17H2,1-3H3. The van der Waals surface area contributed by atoms with E-state index in [2.05, 4.69) is 92.1 Å². The highest BCUT2D eigenvalue weighted by Gasteiger charge is 2.08. The molecule has 2 aromatic carbocycles. The summed E-state index contributed by atoms with van der Waals surface area (Å²) in [5, 5.41) is 7.28. The third kappa shape index (κ3) is 6.46. The van der Waals surface area contributed by atoms with Gasteiger partial charge in [-0.1, -0.05) is 67.6 Å². The van der Waals surface area contributed by atoms with Gasteiger partial charge < -0.3 is 10.6 Å². The van der Waals surface area contributed by atoms with Crippen LogP contribution < -0.4 is 10.6 Å². The molecule has 2 aromatic rings. The quantitative estimate of drug-likeness (QED) is 0.594. The van der Waals surface area contributed by atoms with Crippen LogP contribution in [0.2, 0.25) is 0 Å².